The predicted octanol–water partition coefficient (Wildman–Crippen LogP) is 4.49. The van der Waals surface area contributed by atoms with Gasteiger partial charge in [0.25, 0.3) is 0 Å². The Labute approximate surface area is 136 Å². The molecule has 3 rings (SSSR count). The minimum Gasteiger partial charge on any atom is -0.369 e. The Hall–Kier alpha value is -0.380. The highest BCUT2D eigenvalue weighted by Gasteiger charge is 2.61. The average molecular weight is 352 g/mol. The Bertz CT molecular complexity index is 540. The zero-order chi connectivity index (χ0) is 15.3. The second-order valence-electron chi connectivity index (χ2n) is 7.77. The molecule has 2 fully saturated rings. The van der Waals surface area contributed by atoms with Gasteiger partial charge >= 0.3 is 0 Å². The summed E-state index contributed by atoms with van der Waals surface area (Å²) in [5, 5.41) is 3.60. The van der Waals surface area contributed by atoms with Crippen LogP contribution in [0.5, 0.6) is 0 Å². The van der Waals surface area contributed by atoms with E-state index >= 15 is 0 Å². The molecule has 0 saturated carbocycles. The maximum atomic E-state index is 6.47. The molecule has 2 unspecified atom stereocenters. The molecule has 0 aliphatic carbocycles. The van der Waals surface area contributed by atoms with Gasteiger partial charge in [0, 0.05) is 22.4 Å². The molecule has 3 heteroatoms. The van der Waals surface area contributed by atoms with Gasteiger partial charge in [0.15, 0.2) is 0 Å². The van der Waals surface area contributed by atoms with Gasteiger partial charge < -0.3 is 10.1 Å². The molecule has 0 amide bonds. The molecule has 2 aliphatic heterocycles. The summed E-state index contributed by atoms with van der Waals surface area (Å²) in [4.78, 5) is 0. The molecule has 21 heavy (non-hydrogen) atoms. The number of halogens is 1. The third-order valence-electron chi connectivity index (χ3n) is 5.49. The first-order chi connectivity index (χ1) is 9.76. The second kappa shape index (κ2) is 5.07. The van der Waals surface area contributed by atoms with E-state index < -0.39 is 0 Å². The molecule has 2 heterocycles. The highest BCUT2D eigenvalue weighted by Crippen LogP contribution is 2.60. The van der Waals surface area contributed by atoms with Crippen LogP contribution in [0.2, 0.25) is 0 Å². The summed E-state index contributed by atoms with van der Waals surface area (Å²) < 4.78 is 7.64. The van der Waals surface area contributed by atoms with Crippen LogP contribution in [-0.4, -0.2) is 24.3 Å². The summed E-state index contributed by atoms with van der Waals surface area (Å²) in [7, 11) is 0. The molecule has 1 N–H and O–H groups in total. The molecule has 2 aliphatic rings. The normalized spacial score (nSPS) is 34.2. The Balaban J connectivity index is 2.06. The molecule has 116 valence electrons. The third kappa shape index (κ3) is 2.58. The van der Waals surface area contributed by atoms with Crippen molar-refractivity contribution in [2.75, 3.05) is 13.1 Å². The van der Waals surface area contributed by atoms with Gasteiger partial charge in [0.2, 0.25) is 0 Å². The zero-order valence-corrected chi connectivity index (χ0v) is 15.1. The first-order valence-electron chi connectivity index (χ1n) is 7.92. The Morgan fingerprint density at radius 1 is 1.24 bits per heavy atom. The van der Waals surface area contributed by atoms with Crippen LogP contribution in [0.15, 0.2) is 28.7 Å². The first-order valence-corrected chi connectivity index (χ1v) is 8.71. The van der Waals surface area contributed by atoms with Gasteiger partial charge in [-0.15, -0.1) is 0 Å². The van der Waals surface area contributed by atoms with Crippen molar-refractivity contribution < 1.29 is 4.74 Å². The quantitative estimate of drug-likeness (QED) is 0.804. The lowest BCUT2D eigenvalue weighted by Gasteiger charge is -2.49. The van der Waals surface area contributed by atoms with E-state index in [4.69, 9.17) is 4.74 Å². The minimum absolute atomic E-state index is 0.0366. The zero-order valence-electron chi connectivity index (χ0n) is 13.5. The summed E-state index contributed by atoms with van der Waals surface area (Å²) in [5.41, 5.74) is 1.50. The van der Waals surface area contributed by atoms with Gasteiger partial charge in [-0.1, -0.05) is 28.1 Å². The van der Waals surface area contributed by atoms with E-state index in [1.54, 1.807) is 0 Å². The van der Waals surface area contributed by atoms with Crippen molar-refractivity contribution in [3.8, 4) is 0 Å². The van der Waals surface area contributed by atoms with Crippen molar-refractivity contribution in [1.29, 1.82) is 0 Å². The van der Waals surface area contributed by atoms with Gasteiger partial charge in [-0.2, -0.15) is 0 Å². The lowest BCUT2D eigenvalue weighted by molar-refractivity contribution is -0.104. The molecule has 1 aromatic rings. The van der Waals surface area contributed by atoms with E-state index in [2.05, 4.69) is 73.2 Å². The lowest BCUT2D eigenvalue weighted by Crippen LogP contribution is -2.52. The summed E-state index contributed by atoms with van der Waals surface area (Å²) >= 11 is 3.63. The van der Waals surface area contributed by atoms with Gasteiger partial charge in [0.05, 0.1) is 11.2 Å². The first kappa shape index (κ1) is 15.5. The number of piperidine rings is 1. The standard InChI is InChI=1S/C18H26BrNO/c1-16(2)12-18(17(3,4)21-16)8-9-20-11-15(18)13-6-5-7-14(19)10-13/h5-7,10,15,20H,8-9,11-12H2,1-4H3. The molecule has 1 spiro atoms. The Kier molecular flexibility index (Phi) is 3.75. The van der Waals surface area contributed by atoms with E-state index in [-0.39, 0.29) is 16.6 Å². The molecule has 2 nitrogen and oxygen atoms in total. The van der Waals surface area contributed by atoms with E-state index in [1.807, 2.05) is 0 Å². The van der Waals surface area contributed by atoms with E-state index in [0.717, 1.165) is 24.0 Å². The number of hydrogen-bond donors (Lipinski definition) is 1. The highest BCUT2D eigenvalue weighted by molar-refractivity contribution is 9.10. The molecule has 0 radical (unpaired) electrons. The molecule has 1 aromatic carbocycles. The molecular formula is C18H26BrNO. The van der Waals surface area contributed by atoms with Crippen molar-refractivity contribution in [2.45, 2.75) is 57.7 Å². The fourth-order valence-corrected chi connectivity index (χ4v) is 5.24. The van der Waals surface area contributed by atoms with Gasteiger partial charge in [-0.05, 0) is 64.8 Å². The maximum absolute atomic E-state index is 6.47. The van der Waals surface area contributed by atoms with Gasteiger partial charge in [-0.25, -0.2) is 0 Å². The van der Waals surface area contributed by atoms with Gasteiger partial charge in [-0.3, -0.25) is 0 Å². The number of ether oxygens (including phenoxy) is 1. The third-order valence-corrected chi connectivity index (χ3v) is 5.98. The fourth-order valence-electron chi connectivity index (χ4n) is 4.82. The van der Waals surface area contributed by atoms with Crippen LogP contribution in [0.4, 0.5) is 0 Å². The summed E-state index contributed by atoms with van der Waals surface area (Å²) in [6, 6.07) is 8.80. The van der Waals surface area contributed by atoms with Crippen LogP contribution >= 0.6 is 15.9 Å². The van der Waals surface area contributed by atoms with Crippen molar-refractivity contribution in [3.63, 3.8) is 0 Å². The van der Waals surface area contributed by atoms with E-state index in [1.165, 1.54) is 12.0 Å². The van der Waals surface area contributed by atoms with Crippen LogP contribution < -0.4 is 5.32 Å². The molecule has 2 saturated heterocycles. The number of rotatable bonds is 1. The largest absolute Gasteiger partial charge is 0.369 e. The molecule has 0 aromatic heterocycles. The average Bonchev–Trinajstić information content (AvgIpc) is 2.54. The van der Waals surface area contributed by atoms with E-state index in [9.17, 15) is 0 Å². The van der Waals surface area contributed by atoms with Crippen LogP contribution in [0.25, 0.3) is 0 Å². The molecular weight excluding hydrogens is 326 g/mol. The Morgan fingerprint density at radius 3 is 2.62 bits per heavy atom. The van der Waals surface area contributed by atoms with E-state index in [0.29, 0.717) is 5.92 Å². The predicted molar refractivity (Wildman–Crippen MR) is 90.7 cm³/mol. The topological polar surface area (TPSA) is 21.3 Å². The van der Waals surface area contributed by atoms with Crippen LogP contribution in [-0.2, 0) is 4.74 Å². The van der Waals surface area contributed by atoms with Crippen molar-refractivity contribution in [3.05, 3.63) is 34.3 Å². The van der Waals surface area contributed by atoms with Gasteiger partial charge in [0.1, 0.15) is 0 Å². The van der Waals surface area contributed by atoms with Crippen LogP contribution in [0.1, 0.15) is 52.0 Å². The van der Waals surface area contributed by atoms with Crippen LogP contribution in [0, 0.1) is 5.41 Å². The summed E-state index contributed by atoms with van der Waals surface area (Å²) in [6.07, 6.45) is 2.31. The summed E-state index contributed by atoms with van der Waals surface area (Å²) in [5.74, 6) is 0.500. The summed E-state index contributed by atoms with van der Waals surface area (Å²) in [6.45, 7) is 11.2. The minimum atomic E-state index is -0.0917. The lowest BCUT2D eigenvalue weighted by atomic mass is 9.58. The maximum Gasteiger partial charge on any atom is 0.0697 e. The monoisotopic (exact) mass is 351 g/mol. The molecule has 2 atom stereocenters. The van der Waals surface area contributed by atoms with Crippen molar-refractivity contribution >= 4 is 15.9 Å². The highest BCUT2D eigenvalue weighted by atomic mass is 79.9. The SMILES string of the molecule is CC1(C)CC2(CCNCC2c2cccc(Br)c2)C(C)(C)O1. The Morgan fingerprint density at radius 2 is 2.00 bits per heavy atom. The smallest absolute Gasteiger partial charge is 0.0697 e. The van der Waals surface area contributed by atoms with Crippen LogP contribution in [0.3, 0.4) is 0 Å². The fraction of sp³-hybridized carbons (Fsp3) is 0.667. The number of hydrogen-bond acceptors (Lipinski definition) is 2. The van der Waals surface area contributed by atoms with Crippen molar-refractivity contribution in [2.24, 2.45) is 5.41 Å². The molecule has 0 bridgehead atoms. The number of nitrogens with one attached hydrogen (secondary N) is 1. The second-order valence-corrected chi connectivity index (χ2v) is 8.68. The van der Waals surface area contributed by atoms with Crippen molar-refractivity contribution in [1.82, 2.24) is 5.32 Å². The number of benzene rings is 1.